The largest absolute Gasteiger partial charge is 1.00 e. The Bertz CT molecular complexity index is 1680. The Morgan fingerprint density at radius 3 is 2.29 bits per heavy atom. The van der Waals surface area contributed by atoms with Crippen LogP contribution in [0.25, 0.3) is 10.9 Å². The first-order valence-electron chi connectivity index (χ1n) is 12.3. The van der Waals surface area contributed by atoms with Gasteiger partial charge in [-0.2, -0.15) is 0 Å². The van der Waals surface area contributed by atoms with Gasteiger partial charge in [-0.15, -0.1) is 0 Å². The van der Waals surface area contributed by atoms with E-state index in [4.69, 9.17) is 25.8 Å². The van der Waals surface area contributed by atoms with Crippen molar-refractivity contribution in [1.29, 1.82) is 0 Å². The van der Waals surface area contributed by atoms with Crippen molar-refractivity contribution in [1.82, 2.24) is 4.98 Å². The molecule has 1 saturated carbocycles. The molecule has 2 amide bonds. The van der Waals surface area contributed by atoms with Crippen molar-refractivity contribution >= 4 is 51.7 Å². The third-order valence-electron chi connectivity index (χ3n) is 6.44. The first-order valence-corrected chi connectivity index (χ1v) is 12.7. The van der Waals surface area contributed by atoms with E-state index in [2.05, 4.69) is 15.6 Å². The first-order chi connectivity index (χ1) is 19.7. The van der Waals surface area contributed by atoms with Gasteiger partial charge in [0.1, 0.15) is 17.8 Å². The second-order valence-electron chi connectivity index (χ2n) is 9.24. The Hall–Kier alpha value is -3.90. The summed E-state index contributed by atoms with van der Waals surface area (Å²) in [4.78, 5) is 40.8. The number of aromatic nitrogens is 1. The molecule has 3 aromatic carbocycles. The number of carboxylic acid groups (broad SMARTS) is 1. The maximum absolute atomic E-state index is 15.1. The van der Waals surface area contributed by atoms with Crippen LogP contribution in [0.2, 0.25) is 5.02 Å². The van der Waals surface area contributed by atoms with Crippen molar-refractivity contribution < 1.29 is 67.6 Å². The summed E-state index contributed by atoms with van der Waals surface area (Å²) in [6.07, 6.45) is 2.14. The van der Waals surface area contributed by atoms with Gasteiger partial charge < -0.3 is 34.7 Å². The number of hydrogen-bond donors (Lipinski definition) is 2. The number of fused-ring (bicyclic) bond motifs is 1. The monoisotopic (exact) mass is 601 g/mol. The van der Waals surface area contributed by atoms with Gasteiger partial charge in [0, 0.05) is 40.1 Å². The zero-order chi connectivity index (χ0) is 29.1. The van der Waals surface area contributed by atoms with Crippen molar-refractivity contribution in [3.63, 3.8) is 0 Å². The average molecular weight is 602 g/mol. The van der Waals surface area contributed by atoms with Crippen molar-refractivity contribution in [2.45, 2.75) is 12.8 Å². The number of methoxy groups -OCH3 is 1. The number of ether oxygens (including phenoxy) is 3. The number of amides is 2. The molecule has 1 heterocycles. The van der Waals surface area contributed by atoms with Crippen LogP contribution in [-0.4, -0.2) is 36.5 Å². The van der Waals surface area contributed by atoms with Crippen LogP contribution < -0.4 is 59.5 Å². The molecule has 4 aromatic rings. The number of halogens is 2. The molecule has 1 aliphatic rings. The van der Waals surface area contributed by atoms with E-state index < -0.39 is 35.6 Å². The molecular formula is C29H22ClFN3NaO7. The minimum absolute atomic E-state index is 0. The first kappa shape index (κ1) is 31.0. The van der Waals surface area contributed by atoms with E-state index >= 15 is 4.39 Å². The van der Waals surface area contributed by atoms with Crippen LogP contribution in [0.1, 0.15) is 12.8 Å². The van der Waals surface area contributed by atoms with E-state index in [1.165, 1.54) is 43.6 Å². The molecule has 5 rings (SSSR count). The quantitative estimate of drug-likeness (QED) is 0.205. The molecule has 0 atom stereocenters. The Morgan fingerprint density at radius 2 is 1.67 bits per heavy atom. The second-order valence-corrected chi connectivity index (χ2v) is 9.67. The number of hydrogen-bond acceptors (Lipinski definition) is 8. The second kappa shape index (κ2) is 13.0. The van der Waals surface area contributed by atoms with Crippen LogP contribution in [0.3, 0.4) is 0 Å². The summed E-state index contributed by atoms with van der Waals surface area (Å²) in [6.45, 7) is -0.681. The SMILES string of the molecule is COc1cc2c(Oc3ccc(NC(=O)C4(C(=O)Nc5cccc(Cl)c5)CC4)cc3F)ccnc2cc1OCC(=O)[O-].[Na+]. The maximum Gasteiger partial charge on any atom is 1.00 e. The van der Waals surface area contributed by atoms with Crippen LogP contribution in [0.5, 0.6) is 23.0 Å². The molecule has 0 aliphatic heterocycles. The van der Waals surface area contributed by atoms with Crippen molar-refractivity contribution in [2.75, 3.05) is 24.4 Å². The molecule has 1 aromatic heterocycles. The van der Waals surface area contributed by atoms with Crippen molar-refractivity contribution in [3.8, 4) is 23.0 Å². The number of nitrogens with one attached hydrogen (secondary N) is 2. The van der Waals surface area contributed by atoms with Gasteiger partial charge in [-0.3, -0.25) is 14.6 Å². The molecule has 10 nitrogen and oxygen atoms in total. The normalized spacial score (nSPS) is 12.9. The van der Waals surface area contributed by atoms with E-state index in [9.17, 15) is 19.5 Å². The summed E-state index contributed by atoms with van der Waals surface area (Å²) < 4.78 is 31.4. The van der Waals surface area contributed by atoms with E-state index in [0.29, 0.717) is 34.5 Å². The van der Waals surface area contributed by atoms with Crippen LogP contribution in [0.15, 0.2) is 66.9 Å². The fourth-order valence-electron chi connectivity index (χ4n) is 4.16. The molecule has 1 fully saturated rings. The standard InChI is InChI=1S/C29H23ClFN3O7.Na/c1-39-24-13-19-21(14-25(24)40-15-26(35)36)32-10-7-22(19)41-23-6-5-18(12-20(23)31)34-28(38)29(8-9-29)27(37)33-17-4-2-3-16(30)11-17;/h2-7,10-14H,8-9,15H2,1H3,(H,33,37)(H,34,38)(H,35,36);/q;+1/p-1. The van der Waals surface area contributed by atoms with Crippen LogP contribution in [-0.2, 0) is 14.4 Å². The number of carboxylic acids is 1. The number of nitrogens with zero attached hydrogens (tertiary/aromatic N) is 1. The van der Waals surface area contributed by atoms with Crippen LogP contribution in [0.4, 0.5) is 15.8 Å². The molecule has 42 heavy (non-hydrogen) atoms. The molecule has 0 unspecified atom stereocenters. The number of aliphatic carboxylic acids is 1. The van der Waals surface area contributed by atoms with Crippen LogP contribution >= 0.6 is 11.6 Å². The molecule has 210 valence electrons. The van der Waals surface area contributed by atoms with E-state index in [1.54, 1.807) is 24.3 Å². The summed E-state index contributed by atoms with van der Waals surface area (Å²) in [5.74, 6) is -2.72. The Labute approximate surface area is 266 Å². The van der Waals surface area contributed by atoms with Gasteiger partial charge >= 0.3 is 29.6 Å². The van der Waals surface area contributed by atoms with Crippen molar-refractivity contribution in [3.05, 3.63) is 77.7 Å². The fraction of sp³-hybridized carbons (Fsp3) is 0.172. The summed E-state index contributed by atoms with van der Waals surface area (Å²) in [5, 5.41) is 17.0. The third kappa shape index (κ3) is 6.76. The van der Waals surface area contributed by atoms with Gasteiger partial charge in [-0.1, -0.05) is 17.7 Å². The number of benzene rings is 3. The molecule has 0 spiro atoms. The van der Waals surface area contributed by atoms with E-state index in [1.807, 2.05) is 0 Å². The molecular weight excluding hydrogens is 580 g/mol. The summed E-state index contributed by atoms with van der Waals surface area (Å²) in [7, 11) is 1.38. The minimum atomic E-state index is -1.40. The Balaban J connectivity index is 0.00000405. The fourth-order valence-corrected chi connectivity index (χ4v) is 4.35. The van der Waals surface area contributed by atoms with Gasteiger partial charge in [-0.05, 0) is 55.3 Å². The number of anilines is 2. The third-order valence-corrected chi connectivity index (χ3v) is 6.68. The predicted octanol–water partition coefficient (Wildman–Crippen LogP) is 1.32. The summed E-state index contributed by atoms with van der Waals surface area (Å²) >= 11 is 5.97. The number of carbonyl (C=O) groups excluding carboxylic acids is 3. The molecule has 13 heteroatoms. The van der Waals surface area contributed by atoms with Gasteiger partial charge in [0.2, 0.25) is 11.8 Å². The van der Waals surface area contributed by atoms with Gasteiger partial charge in [0.15, 0.2) is 23.1 Å². The minimum Gasteiger partial charge on any atom is -0.546 e. The maximum atomic E-state index is 15.1. The number of pyridine rings is 1. The van der Waals surface area contributed by atoms with Crippen molar-refractivity contribution in [2.24, 2.45) is 5.41 Å². The molecule has 1 aliphatic carbocycles. The topological polar surface area (TPSA) is 139 Å². The molecule has 2 N–H and O–H groups in total. The zero-order valence-corrected chi connectivity index (χ0v) is 25.3. The zero-order valence-electron chi connectivity index (χ0n) is 22.5. The van der Waals surface area contributed by atoms with Crippen LogP contribution in [0, 0.1) is 11.2 Å². The average Bonchev–Trinajstić information content (AvgIpc) is 3.75. The smallest absolute Gasteiger partial charge is 0.546 e. The summed E-state index contributed by atoms with van der Waals surface area (Å²) in [6, 6.07) is 15.0. The van der Waals surface area contributed by atoms with Gasteiger partial charge in [-0.25, -0.2) is 4.39 Å². The Kier molecular flexibility index (Phi) is 9.57. The summed E-state index contributed by atoms with van der Waals surface area (Å²) in [5.41, 5.74) is -0.256. The number of carbonyl (C=O) groups is 3. The van der Waals surface area contributed by atoms with Gasteiger partial charge in [0.25, 0.3) is 0 Å². The Morgan fingerprint density at radius 1 is 0.952 bits per heavy atom. The molecule has 0 saturated heterocycles. The molecule has 0 radical (unpaired) electrons. The predicted molar refractivity (Wildman–Crippen MR) is 146 cm³/mol. The molecule has 0 bridgehead atoms. The number of rotatable bonds is 10. The van der Waals surface area contributed by atoms with E-state index in [-0.39, 0.29) is 58.2 Å². The van der Waals surface area contributed by atoms with E-state index in [0.717, 1.165) is 6.07 Å². The van der Waals surface area contributed by atoms with Gasteiger partial charge in [0.05, 0.1) is 18.6 Å².